The van der Waals surface area contributed by atoms with Crippen molar-refractivity contribution >= 4 is 11.9 Å². The Labute approximate surface area is 88.1 Å². The van der Waals surface area contributed by atoms with Gasteiger partial charge in [0.1, 0.15) is 0 Å². The summed E-state index contributed by atoms with van der Waals surface area (Å²) >= 11 is 0. The van der Waals surface area contributed by atoms with Crippen LogP contribution in [-0.4, -0.2) is 28.3 Å². The smallest absolute Gasteiger partial charge is 0.338 e. The Hall–Kier alpha value is -1.13. The summed E-state index contributed by atoms with van der Waals surface area (Å²) in [5.74, 6) is -2.20. The van der Waals surface area contributed by atoms with E-state index in [1.807, 2.05) is 0 Å². The number of alkyl halides is 1. The van der Waals surface area contributed by atoms with E-state index in [1.54, 1.807) is 0 Å². The van der Waals surface area contributed by atoms with E-state index in [1.165, 1.54) is 0 Å². The molecule has 15 heavy (non-hydrogen) atoms. The molecule has 1 atom stereocenters. The minimum absolute atomic E-state index is 0.0499. The Bertz CT molecular complexity index is 206. The Morgan fingerprint density at radius 1 is 1.00 bits per heavy atom. The highest BCUT2D eigenvalue weighted by atomic mass is 19.1. The summed E-state index contributed by atoms with van der Waals surface area (Å²) in [6, 6.07) is 0. The van der Waals surface area contributed by atoms with Crippen molar-refractivity contribution in [3.63, 3.8) is 0 Å². The standard InChI is InChI=1S/C10H17FO4/c11-8(10(14)15)6-4-2-1-3-5-7-9(12)13/h8H,1-7H2,(H,12,13)(H,14,15). The van der Waals surface area contributed by atoms with E-state index in [0.29, 0.717) is 12.8 Å². The molecule has 4 nitrogen and oxygen atoms in total. The van der Waals surface area contributed by atoms with Crippen LogP contribution in [0.5, 0.6) is 0 Å². The number of carboxylic acids is 2. The molecule has 0 aromatic carbocycles. The molecule has 0 amide bonds. The van der Waals surface area contributed by atoms with Crippen LogP contribution in [0.15, 0.2) is 0 Å². The van der Waals surface area contributed by atoms with Gasteiger partial charge in [-0.05, 0) is 19.3 Å². The van der Waals surface area contributed by atoms with Crippen molar-refractivity contribution in [1.29, 1.82) is 0 Å². The van der Waals surface area contributed by atoms with Gasteiger partial charge in [0.05, 0.1) is 0 Å². The van der Waals surface area contributed by atoms with Crippen LogP contribution in [0.2, 0.25) is 0 Å². The van der Waals surface area contributed by atoms with Gasteiger partial charge < -0.3 is 10.2 Å². The molecule has 0 saturated carbocycles. The molecule has 0 radical (unpaired) electrons. The quantitative estimate of drug-likeness (QED) is 0.584. The maximum Gasteiger partial charge on any atom is 0.338 e. The number of carboxylic acid groups (broad SMARTS) is 2. The van der Waals surface area contributed by atoms with Gasteiger partial charge in [-0.1, -0.05) is 19.3 Å². The average molecular weight is 220 g/mol. The minimum Gasteiger partial charge on any atom is -0.481 e. The molecule has 0 saturated heterocycles. The van der Waals surface area contributed by atoms with Crippen molar-refractivity contribution in [2.75, 3.05) is 0 Å². The number of unbranched alkanes of at least 4 members (excludes halogenated alkanes) is 4. The first-order valence-corrected chi connectivity index (χ1v) is 5.12. The molecule has 88 valence electrons. The van der Waals surface area contributed by atoms with E-state index in [0.717, 1.165) is 19.3 Å². The molecule has 2 N–H and O–H groups in total. The lowest BCUT2D eigenvalue weighted by molar-refractivity contribution is -0.143. The van der Waals surface area contributed by atoms with Gasteiger partial charge in [0.2, 0.25) is 0 Å². The van der Waals surface area contributed by atoms with Crippen molar-refractivity contribution < 1.29 is 24.2 Å². The second kappa shape index (κ2) is 8.20. The Kier molecular flexibility index (Phi) is 7.58. The largest absolute Gasteiger partial charge is 0.481 e. The Morgan fingerprint density at radius 2 is 1.53 bits per heavy atom. The molecule has 0 aliphatic carbocycles. The van der Waals surface area contributed by atoms with Gasteiger partial charge in [0.25, 0.3) is 0 Å². The monoisotopic (exact) mass is 220 g/mol. The number of carbonyl (C=O) groups is 2. The number of hydrogen-bond acceptors (Lipinski definition) is 2. The minimum atomic E-state index is -1.76. The second-order valence-electron chi connectivity index (χ2n) is 3.51. The number of halogens is 1. The van der Waals surface area contributed by atoms with Gasteiger partial charge in [-0.15, -0.1) is 0 Å². The number of rotatable bonds is 9. The molecular formula is C10H17FO4. The average Bonchev–Trinajstić information content (AvgIpc) is 2.15. The fraction of sp³-hybridized carbons (Fsp3) is 0.800. The second-order valence-corrected chi connectivity index (χ2v) is 3.51. The Morgan fingerprint density at radius 3 is 2.07 bits per heavy atom. The normalized spacial score (nSPS) is 12.3. The van der Waals surface area contributed by atoms with Crippen LogP contribution in [0.1, 0.15) is 44.9 Å². The van der Waals surface area contributed by atoms with Crippen LogP contribution in [0.4, 0.5) is 4.39 Å². The Balaban J connectivity index is 3.18. The summed E-state index contributed by atoms with van der Waals surface area (Å²) in [6.45, 7) is 0. The first-order valence-electron chi connectivity index (χ1n) is 5.12. The highest BCUT2D eigenvalue weighted by Gasteiger charge is 2.13. The summed E-state index contributed by atoms with van der Waals surface area (Å²) < 4.78 is 12.5. The summed E-state index contributed by atoms with van der Waals surface area (Å²) in [7, 11) is 0. The third-order valence-electron chi connectivity index (χ3n) is 2.12. The van der Waals surface area contributed by atoms with Crippen LogP contribution >= 0.6 is 0 Å². The first-order chi connectivity index (χ1) is 7.04. The summed E-state index contributed by atoms with van der Waals surface area (Å²) in [5.41, 5.74) is 0. The number of hydrogen-bond donors (Lipinski definition) is 2. The predicted molar refractivity (Wildman–Crippen MR) is 52.5 cm³/mol. The lowest BCUT2D eigenvalue weighted by Gasteiger charge is -2.02. The molecule has 0 bridgehead atoms. The zero-order valence-corrected chi connectivity index (χ0v) is 8.62. The molecule has 1 unspecified atom stereocenters. The summed E-state index contributed by atoms with van der Waals surface area (Å²) in [4.78, 5) is 20.2. The van der Waals surface area contributed by atoms with Crippen LogP contribution in [-0.2, 0) is 9.59 Å². The first kappa shape index (κ1) is 13.9. The van der Waals surface area contributed by atoms with Crippen molar-refractivity contribution in [1.82, 2.24) is 0 Å². The van der Waals surface area contributed by atoms with Gasteiger partial charge in [-0.2, -0.15) is 0 Å². The van der Waals surface area contributed by atoms with E-state index in [9.17, 15) is 14.0 Å². The van der Waals surface area contributed by atoms with E-state index in [-0.39, 0.29) is 12.8 Å². The maximum atomic E-state index is 12.5. The van der Waals surface area contributed by atoms with E-state index in [2.05, 4.69) is 0 Å². The third-order valence-corrected chi connectivity index (χ3v) is 2.12. The topological polar surface area (TPSA) is 74.6 Å². The molecule has 0 aliphatic rings. The maximum absolute atomic E-state index is 12.5. The van der Waals surface area contributed by atoms with Crippen LogP contribution in [0, 0.1) is 0 Å². The summed E-state index contributed by atoms with van der Waals surface area (Å²) in [6.07, 6.45) is 2.02. The van der Waals surface area contributed by atoms with Crippen molar-refractivity contribution in [2.24, 2.45) is 0 Å². The lowest BCUT2D eigenvalue weighted by Crippen LogP contribution is -2.13. The van der Waals surface area contributed by atoms with Crippen molar-refractivity contribution in [3.05, 3.63) is 0 Å². The SMILES string of the molecule is O=C(O)CCCCCCCC(F)C(=O)O. The highest BCUT2D eigenvalue weighted by Crippen LogP contribution is 2.10. The molecule has 0 aliphatic heterocycles. The van der Waals surface area contributed by atoms with Gasteiger partial charge in [-0.25, -0.2) is 9.18 Å². The van der Waals surface area contributed by atoms with Gasteiger partial charge in [0, 0.05) is 6.42 Å². The molecule has 0 aromatic heterocycles. The summed E-state index contributed by atoms with van der Waals surface area (Å²) in [5, 5.41) is 16.6. The molecule has 0 heterocycles. The van der Waals surface area contributed by atoms with Crippen molar-refractivity contribution in [2.45, 2.75) is 51.1 Å². The number of aliphatic carboxylic acids is 2. The van der Waals surface area contributed by atoms with Crippen LogP contribution in [0.3, 0.4) is 0 Å². The third kappa shape index (κ3) is 9.18. The van der Waals surface area contributed by atoms with E-state index >= 15 is 0 Å². The van der Waals surface area contributed by atoms with Crippen LogP contribution < -0.4 is 0 Å². The van der Waals surface area contributed by atoms with Gasteiger partial charge in [-0.3, -0.25) is 4.79 Å². The van der Waals surface area contributed by atoms with Gasteiger partial charge >= 0.3 is 11.9 Å². The van der Waals surface area contributed by atoms with Crippen LogP contribution in [0.25, 0.3) is 0 Å². The van der Waals surface area contributed by atoms with E-state index in [4.69, 9.17) is 10.2 Å². The van der Waals surface area contributed by atoms with E-state index < -0.39 is 18.1 Å². The fourth-order valence-corrected chi connectivity index (χ4v) is 1.25. The molecule has 0 rings (SSSR count). The molecule has 0 fully saturated rings. The molecule has 0 spiro atoms. The molecular weight excluding hydrogens is 203 g/mol. The lowest BCUT2D eigenvalue weighted by atomic mass is 10.1. The zero-order chi connectivity index (χ0) is 11.7. The fourth-order valence-electron chi connectivity index (χ4n) is 1.25. The van der Waals surface area contributed by atoms with Crippen molar-refractivity contribution in [3.8, 4) is 0 Å². The molecule has 0 aromatic rings. The zero-order valence-electron chi connectivity index (χ0n) is 8.62. The highest BCUT2D eigenvalue weighted by molar-refractivity contribution is 5.71. The molecule has 5 heteroatoms. The van der Waals surface area contributed by atoms with Gasteiger partial charge in [0.15, 0.2) is 6.17 Å². The predicted octanol–water partition coefficient (Wildman–Crippen LogP) is 2.22.